The molecule has 5 heteroatoms. The van der Waals surface area contributed by atoms with Gasteiger partial charge in [0.2, 0.25) is 0 Å². The van der Waals surface area contributed by atoms with Crippen molar-refractivity contribution in [3.63, 3.8) is 0 Å². The lowest BCUT2D eigenvalue weighted by molar-refractivity contribution is 0.0703. The van der Waals surface area contributed by atoms with Gasteiger partial charge in [-0.3, -0.25) is 0 Å². The van der Waals surface area contributed by atoms with Gasteiger partial charge in [-0.1, -0.05) is 11.6 Å². The molecule has 0 amide bonds. The zero-order valence-corrected chi connectivity index (χ0v) is 9.68. The lowest BCUT2D eigenvalue weighted by Gasteiger charge is -2.03. The molecule has 0 atom stereocenters. The third-order valence-corrected chi connectivity index (χ3v) is 3.21. The van der Waals surface area contributed by atoms with Gasteiger partial charge in [0.15, 0.2) is 0 Å². The van der Waals surface area contributed by atoms with Crippen LogP contribution < -0.4 is 5.73 Å². The maximum atomic E-state index is 11.0. The monoisotopic (exact) mass is 253 g/mol. The SMILES string of the molecule is Nc1cc(Cl)cc(-c2ccsc2C(=O)O)c1. The molecule has 82 valence electrons. The zero-order valence-electron chi connectivity index (χ0n) is 8.11. The van der Waals surface area contributed by atoms with Crippen LogP contribution in [0.5, 0.6) is 0 Å². The van der Waals surface area contributed by atoms with Crippen LogP contribution in [0.15, 0.2) is 29.6 Å². The van der Waals surface area contributed by atoms with E-state index in [4.69, 9.17) is 22.4 Å². The normalized spacial score (nSPS) is 10.3. The lowest BCUT2D eigenvalue weighted by atomic mass is 10.1. The molecular formula is C11H8ClNO2S. The zero-order chi connectivity index (χ0) is 11.7. The predicted octanol–water partition coefficient (Wildman–Crippen LogP) is 3.35. The minimum atomic E-state index is -0.941. The second-order valence-corrected chi connectivity index (χ2v) is 4.59. The molecule has 0 saturated carbocycles. The molecule has 1 aromatic heterocycles. The molecule has 0 aliphatic heterocycles. The highest BCUT2D eigenvalue weighted by molar-refractivity contribution is 7.12. The third kappa shape index (κ3) is 2.03. The minimum absolute atomic E-state index is 0.293. The Morgan fingerprint density at radius 2 is 2.12 bits per heavy atom. The van der Waals surface area contributed by atoms with Gasteiger partial charge in [0, 0.05) is 16.3 Å². The van der Waals surface area contributed by atoms with Crippen molar-refractivity contribution in [1.29, 1.82) is 0 Å². The van der Waals surface area contributed by atoms with Crippen molar-refractivity contribution < 1.29 is 9.90 Å². The average Bonchev–Trinajstić information content (AvgIpc) is 2.63. The summed E-state index contributed by atoms with van der Waals surface area (Å²) < 4.78 is 0. The number of hydrogen-bond acceptors (Lipinski definition) is 3. The van der Waals surface area contributed by atoms with Gasteiger partial charge in [0.1, 0.15) is 4.88 Å². The molecule has 0 spiro atoms. The van der Waals surface area contributed by atoms with Crippen LogP contribution in [-0.2, 0) is 0 Å². The van der Waals surface area contributed by atoms with Crippen molar-refractivity contribution in [3.05, 3.63) is 39.5 Å². The van der Waals surface area contributed by atoms with Gasteiger partial charge >= 0.3 is 5.97 Å². The van der Waals surface area contributed by atoms with Crippen LogP contribution in [0.4, 0.5) is 5.69 Å². The summed E-state index contributed by atoms with van der Waals surface area (Å²) >= 11 is 7.06. The predicted molar refractivity (Wildman–Crippen MR) is 66.1 cm³/mol. The Bertz CT molecular complexity index is 530. The summed E-state index contributed by atoms with van der Waals surface area (Å²) in [7, 11) is 0. The van der Waals surface area contributed by atoms with E-state index in [1.165, 1.54) is 11.3 Å². The van der Waals surface area contributed by atoms with Crippen LogP contribution in [-0.4, -0.2) is 11.1 Å². The Labute approximate surface area is 101 Å². The van der Waals surface area contributed by atoms with Crippen LogP contribution in [0.3, 0.4) is 0 Å². The van der Waals surface area contributed by atoms with Crippen molar-refractivity contribution >= 4 is 34.6 Å². The molecule has 1 heterocycles. The second-order valence-electron chi connectivity index (χ2n) is 3.24. The van der Waals surface area contributed by atoms with Gasteiger partial charge in [-0.15, -0.1) is 11.3 Å². The summed E-state index contributed by atoms with van der Waals surface area (Å²) in [6.45, 7) is 0. The lowest BCUT2D eigenvalue weighted by Crippen LogP contribution is -1.95. The largest absolute Gasteiger partial charge is 0.477 e. The number of nitrogens with two attached hydrogens (primary N) is 1. The molecule has 0 radical (unpaired) electrons. The molecule has 0 unspecified atom stereocenters. The highest BCUT2D eigenvalue weighted by atomic mass is 35.5. The Balaban J connectivity index is 2.58. The highest BCUT2D eigenvalue weighted by Crippen LogP contribution is 2.31. The van der Waals surface area contributed by atoms with E-state index in [2.05, 4.69) is 0 Å². The number of carboxylic acids is 1. The molecule has 3 N–H and O–H groups in total. The van der Waals surface area contributed by atoms with Crippen molar-refractivity contribution in [1.82, 2.24) is 0 Å². The molecule has 0 aliphatic rings. The molecule has 2 rings (SSSR count). The van der Waals surface area contributed by atoms with Crippen molar-refractivity contribution in [2.75, 3.05) is 5.73 Å². The number of thiophene rings is 1. The summed E-state index contributed by atoms with van der Waals surface area (Å²) in [5, 5.41) is 11.2. The molecule has 0 fully saturated rings. The number of hydrogen-bond donors (Lipinski definition) is 2. The van der Waals surface area contributed by atoms with E-state index in [9.17, 15) is 4.79 Å². The molecule has 1 aromatic carbocycles. The van der Waals surface area contributed by atoms with Gasteiger partial charge in [-0.25, -0.2) is 4.79 Å². The summed E-state index contributed by atoms with van der Waals surface area (Å²) in [5.74, 6) is -0.941. The number of benzene rings is 1. The Kier molecular flexibility index (Phi) is 2.85. The Morgan fingerprint density at radius 1 is 1.38 bits per heavy atom. The van der Waals surface area contributed by atoms with E-state index in [-0.39, 0.29) is 0 Å². The standard InChI is InChI=1S/C11H8ClNO2S/c12-7-3-6(4-8(13)5-7)9-1-2-16-10(9)11(14)15/h1-5H,13H2,(H,14,15). The molecule has 3 nitrogen and oxygen atoms in total. The van der Waals surface area contributed by atoms with Crippen molar-refractivity contribution in [2.45, 2.75) is 0 Å². The number of rotatable bonds is 2. The van der Waals surface area contributed by atoms with Gasteiger partial charge in [-0.2, -0.15) is 0 Å². The van der Waals surface area contributed by atoms with Crippen molar-refractivity contribution in [2.24, 2.45) is 0 Å². The maximum absolute atomic E-state index is 11.0. The van der Waals surface area contributed by atoms with Crippen molar-refractivity contribution in [3.8, 4) is 11.1 Å². The van der Waals surface area contributed by atoms with Crippen LogP contribution in [0, 0.1) is 0 Å². The van der Waals surface area contributed by atoms with E-state index in [1.807, 2.05) is 0 Å². The van der Waals surface area contributed by atoms with Crippen LogP contribution in [0.25, 0.3) is 11.1 Å². The molecule has 16 heavy (non-hydrogen) atoms. The molecular weight excluding hydrogens is 246 g/mol. The first-order chi connectivity index (χ1) is 7.58. The summed E-state index contributed by atoms with van der Waals surface area (Å²) in [6.07, 6.45) is 0. The molecule has 0 aliphatic carbocycles. The van der Waals surface area contributed by atoms with Gasteiger partial charge in [-0.05, 0) is 35.2 Å². The second kappa shape index (κ2) is 4.15. The Hall–Kier alpha value is -1.52. The summed E-state index contributed by atoms with van der Waals surface area (Å²) in [4.78, 5) is 11.3. The van der Waals surface area contributed by atoms with E-state index in [0.29, 0.717) is 21.2 Å². The van der Waals surface area contributed by atoms with Crippen LogP contribution >= 0.6 is 22.9 Å². The fourth-order valence-corrected chi connectivity index (χ4v) is 2.47. The number of anilines is 1. The topological polar surface area (TPSA) is 63.3 Å². The van der Waals surface area contributed by atoms with Crippen LogP contribution in [0.1, 0.15) is 9.67 Å². The minimum Gasteiger partial charge on any atom is -0.477 e. The maximum Gasteiger partial charge on any atom is 0.346 e. The number of carboxylic acid groups (broad SMARTS) is 1. The Morgan fingerprint density at radius 3 is 2.75 bits per heavy atom. The first-order valence-corrected chi connectivity index (χ1v) is 5.71. The molecule has 0 bridgehead atoms. The number of nitrogen functional groups attached to an aromatic ring is 1. The first kappa shape index (κ1) is 11.0. The van der Waals surface area contributed by atoms with Crippen LogP contribution in [0.2, 0.25) is 5.02 Å². The quantitative estimate of drug-likeness (QED) is 0.807. The number of halogens is 1. The number of aromatic carboxylic acids is 1. The van der Waals surface area contributed by atoms with E-state index < -0.39 is 5.97 Å². The summed E-state index contributed by atoms with van der Waals surface area (Å²) in [5.41, 5.74) is 7.55. The third-order valence-electron chi connectivity index (χ3n) is 2.09. The highest BCUT2D eigenvalue weighted by Gasteiger charge is 2.13. The molecule has 0 saturated heterocycles. The van der Waals surface area contributed by atoms with E-state index >= 15 is 0 Å². The van der Waals surface area contributed by atoms with E-state index in [0.717, 1.165) is 5.56 Å². The number of carbonyl (C=O) groups is 1. The first-order valence-electron chi connectivity index (χ1n) is 4.45. The van der Waals surface area contributed by atoms with Gasteiger partial charge < -0.3 is 10.8 Å². The van der Waals surface area contributed by atoms with Gasteiger partial charge in [0.05, 0.1) is 0 Å². The summed E-state index contributed by atoms with van der Waals surface area (Å²) in [6, 6.07) is 6.78. The fourth-order valence-electron chi connectivity index (χ4n) is 1.47. The fraction of sp³-hybridized carbons (Fsp3) is 0. The van der Waals surface area contributed by atoms with Gasteiger partial charge in [0.25, 0.3) is 0 Å². The molecule has 2 aromatic rings. The average molecular weight is 254 g/mol. The smallest absolute Gasteiger partial charge is 0.346 e. The van der Waals surface area contributed by atoms with E-state index in [1.54, 1.807) is 29.6 Å².